The van der Waals surface area contributed by atoms with Crippen LogP contribution >= 0.6 is 0 Å². The first-order valence-electron chi connectivity index (χ1n) is 8.34. The van der Waals surface area contributed by atoms with Crippen LogP contribution in [-0.4, -0.2) is 43.1 Å². The molecule has 1 aromatic carbocycles. The SMILES string of the molecule is CCn1c([C@@H]2CCCN(Cc3cccc4nonc34)C2)n[nH]c1=O. The zero-order valence-electron chi connectivity index (χ0n) is 13.6. The highest BCUT2D eigenvalue weighted by molar-refractivity contribution is 5.76. The van der Waals surface area contributed by atoms with Crippen LogP contribution in [0.5, 0.6) is 0 Å². The molecule has 0 bridgehead atoms. The van der Waals surface area contributed by atoms with Gasteiger partial charge in [0.05, 0.1) is 0 Å². The summed E-state index contributed by atoms with van der Waals surface area (Å²) < 4.78 is 6.58. The van der Waals surface area contributed by atoms with Crippen molar-refractivity contribution >= 4 is 11.0 Å². The van der Waals surface area contributed by atoms with Crippen molar-refractivity contribution in [1.82, 2.24) is 30.0 Å². The van der Waals surface area contributed by atoms with Gasteiger partial charge in [0.15, 0.2) is 0 Å². The Morgan fingerprint density at radius 3 is 3.17 bits per heavy atom. The molecule has 1 atom stereocenters. The van der Waals surface area contributed by atoms with E-state index in [0.29, 0.717) is 6.54 Å². The maximum absolute atomic E-state index is 11.8. The molecule has 1 fully saturated rings. The van der Waals surface area contributed by atoms with Crippen molar-refractivity contribution in [1.29, 1.82) is 0 Å². The first-order valence-corrected chi connectivity index (χ1v) is 8.34. The largest absolute Gasteiger partial charge is 0.343 e. The standard InChI is InChI=1S/C16H20N6O2/c1-2-22-15(17-18-16(22)23)12-6-4-8-21(10-12)9-11-5-3-7-13-14(11)20-24-19-13/h3,5,7,12H,2,4,6,8-10H2,1H3,(H,18,23)/t12-/m1/s1. The predicted molar refractivity (Wildman–Crippen MR) is 87.6 cm³/mol. The fraction of sp³-hybridized carbons (Fsp3) is 0.500. The minimum Gasteiger partial charge on any atom is -0.298 e. The first-order chi connectivity index (χ1) is 11.8. The van der Waals surface area contributed by atoms with Gasteiger partial charge < -0.3 is 0 Å². The molecule has 1 N–H and O–H groups in total. The Hall–Kier alpha value is -2.48. The fourth-order valence-corrected chi connectivity index (χ4v) is 3.59. The number of nitrogens with zero attached hydrogens (tertiary/aromatic N) is 5. The van der Waals surface area contributed by atoms with E-state index in [1.165, 1.54) is 0 Å². The Morgan fingerprint density at radius 2 is 2.29 bits per heavy atom. The molecule has 1 aliphatic rings. The molecule has 8 nitrogen and oxygen atoms in total. The number of hydrogen-bond donors (Lipinski definition) is 1. The van der Waals surface area contributed by atoms with Crippen LogP contribution in [0, 0.1) is 0 Å². The lowest BCUT2D eigenvalue weighted by molar-refractivity contribution is 0.195. The van der Waals surface area contributed by atoms with E-state index in [9.17, 15) is 4.79 Å². The molecule has 1 aliphatic heterocycles. The Labute approximate surface area is 138 Å². The van der Waals surface area contributed by atoms with Crippen molar-refractivity contribution in [3.05, 3.63) is 40.1 Å². The van der Waals surface area contributed by atoms with E-state index < -0.39 is 0 Å². The topological polar surface area (TPSA) is 92.8 Å². The Balaban J connectivity index is 1.55. The van der Waals surface area contributed by atoms with Gasteiger partial charge in [0, 0.05) is 25.6 Å². The molecular formula is C16H20N6O2. The van der Waals surface area contributed by atoms with Crippen LogP contribution in [0.1, 0.15) is 37.1 Å². The Bertz CT molecular complexity index is 895. The predicted octanol–water partition coefficient (Wildman–Crippen LogP) is 1.51. The average Bonchev–Trinajstić information content (AvgIpc) is 3.22. The van der Waals surface area contributed by atoms with Gasteiger partial charge in [-0.25, -0.2) is 14.5 Å². The minimum atomic E-state index is -0.122. The summed E-state index contributed by atoms with van der Waals surface area (Å²) in [6, 6.07) is 5.94. The Morgan fingerprint density at radius 1 is 1.38 bits per heavy atom. The zero-order chi connectivity index (χ0) is 16.5. The summed E-state index contributed by atoms with van der Waals surface area (Å²) in [4.78, 5) is 14.2. The normalized spacial score (nSPS) is 19.1. The highest BCUT2D eigenvalue weighted by Crippen LogP contribution is 2.27. The third-order valence-electron chi connectivity index (χ3n) is 4.74. The minimum absolute atomic E-state index is 0.122. The van der Waals surface area contributed by atoms with Gasteiger partial charge in [0.25, 0.3) is 0 Å². The number of fused-ring (bicyclic) bond motifs is 1. The van der Waals surface area contributed by atoms with Gasteiger partial charge in [0.1, 0.15) is 16.9 Å². The molecule has 2 aromatic heterocycles. The molecule has 24 heavy (non-hydrogen) atoms. The molecule has 0 amide bonds. The van der Waals surface area contributed by atoms with Crippen LogP contribution in [0.3, 0.4) is 0 Å². The van der Waals surface area contributed by atoms with Crippen molar-refractivity contribution in [3.8, 4) is 0 Å². The van der Waals surface area contributed by atoms with Gasteiger partial charge in [-0.1, -0.05) is 12.1 Å². The molecule has 0 aliphatic carbocycles. The lowest BCUT2D eigenvalue weighted by Gasteiger charge is -2.32. The molecule has 8 heteroatoms. The second-order valence-electron chi connectivity index (χ2n) is 6.25. The number of piperidine rings is 1. The summed E-state index contributed by atoms with van der Waals surface area (Å²) in [6.07, 6.45) is 2.14. The number of rotatable bonds is 4. The summed E-state index contributed by atoms with van der Waals surface area (Å²) in [5.74, 6) is 1.14. The van der Waals surface area contributed by atoms with Gasteiger partial charge in [-0.3, -0.25) is 9.47 Å². The van der Waals surface area contributed by atoms with E-state index in [4.69, 9.17) is 4.63 Å². The summed E-state index contributed by atoms with van der Waals surface area (Å²) in [5.41, 5.74) is 2.60. The highest BCUT2D eigenvalue weighted by atomic mass is 16.6. The van der Waals surface area contributed by atoms with Crippen LogP contribution in [-0.2, 0) is 13.1 Å². The number of likely N-dealkylation sites (tertiary alicyclic amines) is 1. The van der Waals surface area contributed by atoms with Crippen molar-refractivity contribution in [3.63, 3.8) is 0 Å². The van der Waals surface area contributed by atoms with Gasteiger partial charge >= 0.3 is 5.69 Å². The number of benzene rings is 1. The third-order valence-corrected chi connectivity index (χ3v) is 4.74. The number of hydrogen-bond acceptors (Lipinski definition) is 6. The van der Waals surface area contributed by atoms with E-state index in [-0.39, 0.29) is 11.6 Å². The van der Waals surface area contributed by atoms with Crippen molar-refractivity contribution < 1.29 is 4.63 Å². The summed E-state index contributed by atoms with van der Waals surface area (Å²) in [6.45, 7) is 5.32. The smallest absolute Gasteiger partial charge is 0.298 e. The molecule has 0 unspecified atom stereocenters. The van der Waals surface area contributed by atoms with Gasteiger partial charge in [-0.2, -0.15) is 5.10 Å². The number of nitrogens with one attached hydrogen (secondary N) is 1. The van der Waals surface area contributed by atoms with Crippen molar-refractivity contribution in [2.45, 2.75) is 38.8 Å². The fourth-order valence-electron chi connectivity index (χ4n) is 3.59. The van der Waals surface area contributed by atoms with Gasteiger partial charge in [0.2, 0.25) is 0 Å². The van der Waals surface area contributed by atoms with E-state index in [1.807, 2.05) is 19.1 Å². The van der Waals surface area contributed by atoms with E-state index >= 15 is 0 Å². The third kappa shape index (κ3) is 2.62. The van der Waals surface area contributed by atoms with Crippen molar-refractivity contribution in [2.75, 3.05) is 13.1 Å². The molecular weight excluding hydrogens is 308 g/mol. The summed E-state index contributed by atoms with van der Waals surface area (Å²) >= 11 is 0. The molecule has 4 rings (SSSR count). The molecule has 0 radical (unpaired) electrons. The van der Waals surface area contributed by atoms with Gasteiger partial charge in [-0.15, -0.1) is 0 Å². The lowest BCUT2D eigenvalue weighted by atomic mass is 9.96. The molecule has 3 aromatic rings. The second kappa shape index (κ2) is 6.20. The molecule has 0 spiro atoms. The van der Waals surface area contributed by atoms with Crippen LogP contribution in [0.4, 0.5) is 0 Å². The number of H-pyrrole nitrogens is 1. The Kier molecular flexibility index (Phi) is 3.89. The van der Waals surface area contributed by atoms with E-state index in [0.717, 1.165) is 54.9 Å². The first kappa shape index (κ1) is 15.1. The van der Waals surface area contributed by atoms with Crippen LogP contribution in [0.2, 0.25) is 0 Å². The lowest BCUT2D eigenvalue weighted by Crippen LogP contribution is -2.35. The van der Waals surface area contributed by atoms with Crippen molar-refractivity contribution in [2.24, 2.45) is 0 Å². The van der Waals surface area contributed by atoms with Crippen LogP contribution in [0.25, 0.3) is 11.0 Å². The maximum atomic E-state index is 11.8. The van der Waals surface area contributed by atoms with Gasteiger partial charge in [-0.05, 0) is 48.3 Å². The average molecular weight is 328 g/mol. The van der Waals surface area contributed by atoms with E-state index in [1.54, 1.807) is 4.57 Å². The molecule has 0 saturated carbocycles. The maximum Gasteiger partial charge on any atom is 0.343 e. The zero-order valence-corrected chi connectivity index (χ0v) is 13.6. The molecule has 126 valence electrons. The highest BCUT2D eigenvalue weighted by Gasteiger charge is 2.26. The second-order valence-corrected chi connectivity index (χ2v) is 6.25. The summed E-state index contributed by atoms with van der Waals surface area (Å²) in [5, 5.41) is 14.8. The molecule has 3 heterocycles. The van der Waals surface area contributed by atoms with Crippen LogP contribution < -0.4 is 5.69 Å². The van der Waals surface area contributed by atoms with E-state index in [2.05, 4.69) is 31.5 Å². The number of aromatic amines is 1. The van der Waals surface area contributed by atoms with Crippen LogP contribution in [0.15, 0.2) is 27.6 Å². The summed E-state index contributed by atoms with van der Waals surface area (Å²) in [7, 11) is 0. The number of aromatic nitrogens is 5. The monoisotopic (exact) mass is 328 g/mol. The quantitative estimate of drug-likeness (QED) is 0.780. The molecule has 1 saturated heterocycles.